The molecule has 7 nitrogen and oxygen atoms in total. The minimum Gasteiger partial charge on any atom is -0.350 e. The Balaban J connectivity index is 2.01. The number of sulfonamides is 1. The third-order valence-corrected chi connectivity index (χ3v) is 8.41. The Kier molecular flexibility index (Phi) is 10.4. The van der Waals surface area contributed by atoms with Crippen molar-refractivity contribution in [2.75, 3.05) is 17.4 Å². The topological polar surface area (TPSA) is 86.8 Å². The van der Waals surface area contributed by atoms with Crippen LogP contribution in [0.25, 0.3) is 0 Å². The molecule has 0 bridgehead atoms. The van der Waals surface area contributed by atoms with Crippen molar-refractivity contribution in [1.82, 2.24) is 10.2 Å². The Morgan fingerprint density at radius 2 is 1.52 bits per heavy atom. The molecule has 0 saturated carbocycles. The fourth-order valence-electron chi connectivity index (χ4n) is 4.32. The summed E-state index contributed by atoms with van der Waals surface area (Å²) in [5.74, 6) is -0.756. The van der Waals surface area contributed by atoms with Crippen LogP contribution in [0.4, 0.5) is 5.69 Å². The van der Waals surface area contributed by atoms with Crippen molar-refractivity contribution < 1.29 is 18.0 Å². The van der Waals surface area contributed by atoms with Gasteiger partial charge in [-0.3, -0.25) is 13.9 Å². The molecule has 0 aliphatic rings. The SMILES string of the molecule is CC[C@H](C(=O)NC(C)(C)C)N(CCc1ccccc1)C(=O)CN(c1ccc(Cl)cc1)S(=O)(=O)c1ccc(C)cc1. The van der Waals surface area contributed by atoms with Gasteiger partial charge in [0.25, 0.3) is 10.0 Å². The first kappa shape index (κ1) is 31.2. The van der Waals surface area contributed by atoms with Crippen LogP contribution in [0.1, 0.15) is 45.2 Å². The molecule has 0 radical (unpaired) electrons. The Bertz CT molecular complexity index is 1390. The molecule has 0 unspecified atom stereocenters. The number of amides is 2. The second-order valence-electron chi connectivity index (χ2n) is 10.8. The normalized spacial score (nSPS) is 12.4. The lowest BCUT2D eigenvalue weighted by atomic mass is 10.1. The van der Waals surface area contributed by atoms with E-state index in [-0.39, 0.29) is 17.3 Å². The first-order valence-electron chi connectivity index (χ1n) is 13.3. The first-order chi connectivity index (χ1) is 18.8. The molecule has 0 aromatic heterocycles. The minimum atomic E-state index is -4.12. The monoisotopic (exact) mass is 583 g/mol. The molecular weight excluding hydrogens is 546 g/mol. The van der Waals surface area contributed by atoms with E-state index in [4.69, 9.17) is 11.6 Å². The number of hydrogen-bond donors (Lipinski definition) is 1. The van der Waals surface area contributed by atoms with Gasteiger partial charge in [-0.2, -0.15) is 0 Å². The molecule has 9 heteroatoms. The van der Waals surface area contributed by atoms with Crippen LogP contribution in [-0.2, 0) is 26.0 Å². The van der Waals surface area contributed by atoms with E-state index < -0.39 is 34.1 Å². The summed E-state index contributed by atoms with van der Waals surface area (Å²) in [4.78, 5) is 28.9. The highest BCUT2D eigenvalue weighted by Crippen LogP contribution is 2.26. The summed E-state index contributed by atoms with van der Waals surface area (Å²) < 4.78 is 28.8. The van der Waals surface area contributed by atoms with Gasteiger partial charge in [-0.25, -0.2) is 8.42 Å². The van der Waals surface area contributed by atoms with Gasteiger partial charge in [0, 0.05) is 17.1 Å². The second-order valence-corrected chi connectivity index (χ2v) is 13.1. The molecule has 2 amide bonds. The smallest absolute Gasteiger partial charge is 0.264 e. The molecule has 0 heterocycles. The van der Waals surface area contributed by atoms with Crippen LogP contribution in [0.15, 0.2) is 83.8 Å². The highest BCUT2D eigenvalue weighted by Gasteiger charge is 2.34. The molecule has 40 heavy (non-hydrogen) atoms. The third-order valence-electron chi connectivity index (χ3n) is 6.37. The predicted octanol–water partition coefficient (Wildman–Crippen LogP) is 5.61. The van der Waals surface area contributed by atoms with Crippen molar-refractivity contribution in [2.45, 2.75) is 63.9 Å². The number of aryl methyl sites for hydroxylation is 1. The summed E-state index contributed by atoms with van der Waals surface area (Å²) >= 11 is 6.08. The zero-order chi connectivity index (χ0) is 29.5. The molecule has 1 atom stereocenters. The number of nitrogens with zero attached hydrogens (tertiary/aromatic N) is 2. The lowest BCUT2D eigenvalue weighted by molar-refractivity contribution is -0.140. The largest absolute Gasteiger partial charge is 0.350 e. The highest BCUT2D eigenvalue weighted by molar-refractivity contribution is 7.92. The van der Waals surface area contributed by atoms with E-state index in [1.165, 1.54) is 17.0 Å². The van der Waals surface area contributed by atoms with Crippen LogP contribution in [0.5, 0.6) is 0 Å². The van der Waals surface area contributed by atoms with E-state index in [1.54, 1.807) is 36.4 Å². The number of carbonyl (C=O) groups is 2. The molecule has 3 aromatic rings. The van der Waals surface area contributed by atoms with Gasteiger partial charge in [0.1, 0.15) is 12.6 Å². The lowest BCUT2D eigenvalue weighted by Gasteiger charge is -2.34. The summed E-state index contributed by atoms with van der Waals surface area (Å²) in [6, 6.07) is 21.7. The molecule has 0 spiro atoms. The van der Waals surface area contributed by atoms with Gasteiger partial charge < -0.3 is 10.2 Å². The summed E-state index contributed by atoms with van der Waals surface area (Å²) in [5.41, 5.74) is 1.72. The van der Waals surface area contributed by atoms with Crippen LogP contribution < -0.4 is 9.62 Å². The number of nitrogens with one attached hydrogen (secondary N) is 1. The van der Waals surface area contributed by atoms with Gasteiger partial charge in [-0.05, 0) is 82.5 Å². The van der Waals surface area contributed by atoms with E-state index >= 15 is 0 Å². The average molecular weight is 584 g/mol. The fourth-order valence-corrected chi connectivity index (χ4v) is 5.86. The highest BCUT2D eigenvalue weighted by atomic mass is 35.5. The van der Waals surface area contributed by atoms with Crippen molar-refractivity contribution in [3.05, 3.63) is 95.0 Å². The summed E-state index contributed by atoms with van der Waals surface area (Å²) in [5, 5.41) is 3.42. The predicted molar refractivity (Wildman–Crippen MR) is 161 cm³/mol. The molecule has 3 aromatic carbocycles. The van der Waals surface area contributed by atoms with Gasteiger partial charge in [-0.15, -0.1) is 0 Å². The Morgan fingerprint density at radius 1 is 0.925 bits per heavy atom. The van der Waals surface area contributed by atoms with E-state index in [0.29, 0.717) is 23.6 Å². The maximum absolute atomic E-state index is 14.0. The van der Waals surface area contributed by atoms with Gasteiger partial charge in [0.15, 0.2) is 0 Å². The van der Waals surface area contributed by atoms with Crippen LogP contribution >= 0.6 is 11.6 Å². The quantitative estimate of drug-likeness (QED) is 0.318. The van der Waals surface area contributed by atoms with Crippen LogP contribution in [-0.4, -0.2) is 49.8 Å². The van der Waals surface area contributed by atoms with Gasteiger partial charge >= 0.3 is 0 Å². The molecule has 0 saturated heterocycles. The average Bonchev–Trinajstić information content (AvgIpc) is 2.90. The Morgan fingerprint density at radius 3 is 2.08 bits per heavy atom. The summed E-state index contributed by atoms with van der Waals surface area (Å²) in [6.07, 6.45) is 0.881. The van der Waals surface area contributed by atoms with Crippen molar-refractivity contribution in [3.8, 4) is 0 Å². The summed E-state index contributed by atoms with van der Waals surface area (Å²) in [6.45, 7) is 9.12. The van der Waals surface area contributed by atoms with Crippen LogP contribution in [0, 0.1) is 6.92 Å². The second kappa shape index (κ2) is 13.3. The maximum atomic E-state index is 14.0. The Hall–Kier alpha value is -3.36. The van der Waals surface area contributed by atoms with Crippen LogP contribution in [0.3, 0.4) is 0 Å². The zero-order valence-corrected chi connectivity index (χ0v) is 25.3. The van der Waals surface area contributed by atoms with Crippen molar-refractivity contribution >= 4 is 39.1 Å². The molecule has 0 aliphatic carbocycles. The van der Waals surface area contributed by atoms with Crippen molar-refractivity contribution in [3.63, 3.8) is 0 Å². The lowest BCUT2D eigenvalue weighted by Crippen LogP contribution is -2.56. The minimum absolute atomic E-state index is 0.0641. The summed E-state index contributed by atoms with van der Waals surface area (Å²) in [7, 11) is -4.12. The molecule has 1 N–H and O–H groups in total. The molecular formula is C31H38ClN3O4S. The van der Waals surface area contributed by atoms with Crippen molar-refractivity contribution in [1.29, 1.82) is 0 Å². The molecule has 0 fully saturated rings. The molecule has 0 aliphatic heterocycles. The maximum Gasteiger partial charge on any atom is 0.264 e. The number of anilines is 1. The Labute approximate surface area is 243 Å². The van der Waals surface area contributed by atoms with E-state index in [9.17, 15) is 18.0 Å². The number of carbonyl (C=O) groups excluding carboxylic acids is 2. The number of halogens is 1. The van der Waals surface area contributed by atoms with E-state index in [2.05, 4.69) is 5.32 Å². The molecule has 214 valence electrons. The van der Waals surface area contributed by atoms with Gasteiger partial charge in [0.2, 0.25) is 11.8 Å². The zero-order valence-electron chi connectivity index (χ0n) is 23.7. The number of hydrogen-bond acceptors (Lipinski definition) is 4. The third kappa shape index (κ3) is 8.32. The standard InChI is InChI=1S/C31H38ClN3O4S/c1-6-28(30(37)33-31(3,4)5)34(21-20-24-10-8-7-9-11-24)29(36)22-35(26-16-14-25(32)15-17-26)40(38,39)27-18-12-23(2)13-19-27/h7-19,28H,6,20-22H2,1-5H3,(H,33,37)/t28-/m1/s1. The molecule has 3 rings (SSSR count). The first-order valence-corrected chi connectivity index (χ1v) is 15.1. The number of rotatable bonds is 11. The van der Waals surface area contributed by atoms with E-state index in [0.717, 1.165) is 15.4 Å². The number of benzene rings is 3. The van der Waals surface area contributed by atoms with Crippen LogP contribution in [0.2, 0.25) is 5.02 Å². The van der Waals surface area contributed by atoms with E-state index in [1.807, 2.05) is 65.0 Å². The van der Waals surface area contributed by atoms with Gasteiger partial charge in [0.05, 0.1) is 10.6 Å². The fraction of sp³-hybridized carbons (Fsp3) is 0.355. The van der Waals surface area contributed by atoms with Gasteiger partial charge in [-0.1, -0.05) is 66.6 Å². The van der Waals surface area contributed by atoms with Crippen molar-refractivity contribution in [2.24, 2.45) is 0 Å².